The summed E-state index contributed by atoms with van der Waals surface area (Å²) in [6.07, 6.45) is 0.265. The van der Waals surface area contributed by atoms with Crippen molar-refractivity contribution in [1.29, 1.82) is 0 Å². The molecule has 1 aromatic rings. The first-order valence-corrected chi connectivity index (χ1v) is 6.79. The van der Waals surface area contributed by atoms with Gasteiger partial charge >= 0.3 is 0 Å². The van der Waals surface area contributed by atoms with Gasteiger partial charge in [0.1, 0.15) is 5.75 Å². The molecule has 1 N–H and O–H groups in total. The molecule has 0 saturated carbocycles. The van der Waals surface area contributed by atoms with Crippen LogP contribution in [0.2, 0.25) is 5.02 Å². The summed E-state index contributed by atoms with van der Waals surface area (Å²) in [6.45, 7) is 5.60. The Balaban J connectivity index is 2.26. The highest BCUT2D eigenvalue weighted by molar-refractivity contribution is 6.30. The molecule has 1 atom stereocenters. The molecule has 5 heteroatoms. The Morgan fingerprint density at radius 2 is 2.05 bits per heavy atom. The van der Waals surface area contributed by atoms with E-state index in [-0.39, 0.29) is 5.91 Å². The SMILES string of the molecule is CCOCCCNC(=O)[C@@H](C)Oc1ccc(Cl)cc1. The standard InChI is InChI=1S/C14H20ClNO3/c1-3-18-10-4-9-16-14(17)11(2)19-13-7-5-12(15)6-8-13/h5-8,11H,3-4,9-10H2,1-2H3,(H,16,17)/t11-/m1/s1. The van der Waals surface area contributed by atoms with Crippen molar-refractivity contribution in [3.8, 4) is 5.75 Å². The summed E-state index contributed by atoms with van der Waals surface area (Å²) in [4.78, 5) is 11.7. The minimum Gasteiger partial charge on any atom is -0.481 e. The largest absolute Gasteiger partial charge is 0.481 e. The maximum absolute atomic E-state index is 11.7. The monoisotopic (exact) mass is 285 g/mol. The summed E-state index contributed by atoms with van der Waals surface area (Å²) in [5, 5.41) is 3.44. The number of amides is 1. The third kappa shape index (κ3) is 6.45. The van der Waals surface area contributed by atoms with Crippen LogP contribution in [0.15, 0.2) is 24.3 Å². The highest BCUT2D eigenvalue weighted by Gasteiger charge is 2.13. The Hall–Kier alpha value is -1.26. The summed E-state index contributed by atoms with van der Waals surface area (Å²) in [7, 11) is 0. The fourth-order valence-electron chi connectivity index (χ4n) is 1.44. The van der Waals surface area contributed by atoms with Crippen molar-refractivity contribution >= 4 is 17.5 Å². The maximum atomic E-state index is 11.7. The molecular formula is C14H20ClNO3. The first-order chi connectivity index (χ1) is 9.13. The molecule has 1 rings (SSSR count). The zero-order chi connectivity index (χ0) is 14.1. The van der Waals surface area contributed by atoms with Crippen molar-refractivity contribution in [2.24, 2.45) is 0 Å². The molecule has 106 valence electrons. The number of ether oxygens (including phenoxy) is 2. The van der Waals surface area contributed by atoms with E-state index in [1.807, 2.05) is 6.92 Å². The molecule has 0 aliphatic rings. The lowest BCUT2D eigenvalue weighted by molar-refractivity contribution is -0.127. The van der Waals surface area contributed by atoms with E-state index >= 15 is 0 Å². The second kappa shape index (κ2) is 8.77. The van der Waals surface area contributed by atoms with Gasteiger partial charge in [0.05, 0.1) is 0 Å². The average Bonchev–Trinajstić information content (AvgIpc) is 2.41. The molecule has 1 aromatic carbocycles. The van der Waals surface area contributed by atoms with Gasteiger partial charge in [-0.3, -0.25) is 4.79 Å². The third-order valence-corrected chi connectivity index (χ3v) is 2.72. The van der Waals surface area contributed by atoms with Crippen LogP contribution in [0, 0.1) is 0 Å². The maximum Gasteiger partial charge on any atom is 0.260 e. The molecular weight excluding hydrogens is 266 g/mol. The van der Waals surface area contributed by atoms with Crippen LogP contribution in [0.4, 0.5) is 0 Å². The van der Waals surface area contributed by atoms with E-state index in [0.29, 0.717) is 30.5 Å². The van der Waals surface area contributed by atoms with Crippen LogP contribution in [0.5, 0.6) is 5.75 Å². The number of hydrogen-bond acceptors (Lipinski definition) is 3. The van der Waals surface area contributed by atoms with Gasteiger partial charge in [0, 0.05) is 24.8 Å². The van der Waals surface area contributed by atoms with Crippen LogP contribution in [0.3, 0.4) is 0 Å². The van der Waals surface area contributed by atoms with Gasteiger partial charge < -0.3 is 14.8 Å². The Labute approximate surface area is 119 Å². The van der Waals surface area contributed by atoms with E-state index in [9.17, 15) is 4.79 Å². The van der Waals surface area contributed by atoms with Crippen molar-refractivity contribution < 1.29 is 14.3 Å². The Morgan fingerprint density at radius 1 is 1.37 bits per heavy atom. The van der Waals surface area contributed by atoms with E-state index in [1.54, 1.807) is 31.2 Å². The molecule has 4 nitrogen and oxygen atoms in total. The second-order valence-electron chi connectivity index (χ2n) is 4.06. The summed E-state index contributed by atoms with van der Waals surface area (Å²) in [6, 6.07) is 6.93. The van der Waals surface area contributed by atoms with Crippen LogP contribution in [-0.4, -0.2) is 31.8 Å². The van der Waals surface area contributed by atoms with Crippen molar-refractivity contribution in [2.75, 3.05) is 19.8 Å². The van der Waals surface area contributed by atoms with Crippen molar-refractivity contribution in [2.45, 2.75) is 26.4 Å². The molecule has 0 unspecified atom stereocenters. The number of benzene rings is 1. The third-order valence-electron chi connectivity index (χ3n) is 2.46. The first-order valence-electron chi connectivity index (χ1n) is 6.41. The molecule has 0 fully saturated rings. The summed E-state index contributed by atoms with van der Waals surface area (Å²) in [5.74, 6) is 0.493. The molecule has 0 aromatic heterocycles. The fraction of sp³-hybridized carbons (Fsp3) is 0.500. The average molecular weight is 286 g/mol. The summed E-state index contributed by atoms with van der Waals surface area (Å²) in [5.41, 5.74) is 0. The second-order valence-corrected chi connectivity index (χ2v) is 4.49. The lowest BCUT2D eigenvalue weighted by Gasteiger charge is -2.14. The molecule has 0 radical (unpaired) electrons. The van der Waals surface area contributed by atoms with E-state index in [0.717, 1.165) is 6.42 Å². The van der Waals surface area contributed by atoms with Crippen molar-refractivity contribution in [3.05, 3.63) is 29.3 Å². The fourth-order valence-corrected chi connectivity index (χ4v) is 1.57. The van der Waals surface area contributed by atoms with E-state index in [2.05, 4.69) is 5.32 Å². The summed E-state index contributed by atoms with van der Waals surface area (Å²) >= 11 is 5.77. The quantitative estimate of drug-likeness (QED) is 0.747. The van der Waals surface area contributed by atoms with Crippen LogP contribution in [-0.2, 0) is 9.53 Å². The Kier molecular flexibility index (Phi) is 7.30. The normalized spacial score (nSPS) is 11.9. The van der Waals surface area contributed by atoms with Crippen LogP contribution in [0.1, 0.15) is 20.3 Å². The Morgan fingerprint density at radius 3 is 2.68 bits per heavy atom. The predicted octanol–water partition coefficient (Wildman–Crippen LogP) is 2.65. The molecule has 0 bridgehead atoms. The van der Waals surface area contributed by atoms with E-state index < -0.39 is 6.10 Å². The highest BCUT2D eigenvalue weighted by atomic mass is 35.5. The number of hydrogen-bond donors (Lipinski definition) is 1. The minimum atomic E-state index is -0.534. The molecule has 0 spiro atoms. The lowest BCUT2D eigenvalue weighted by Crippen LogP contribution is -2.37. The van der Waals surface area contributed by atoms with Gasteiger partial charge in [-0.2, -0.15) is 0 Å². The zero-order valence-corrected chi connectivity index (χ0v) is 12.1. The number of nitrogens with one attached hydrogen (secondary N) is 1. The van der Waals surface area contributed by atoms with Gasteiger partial charge in [-0.05, 0) is 44.5 Å². The number of carbonyl (C=O) groups excluding carboxylic acids is 1. The predicted molar refractivity (Wildman–Crippen MR) is 75.7 cm³/mol. The molecule has 0 heterocycles. The first kappa shape index (κ1) is 15.8. The summed E-state index contributed by atoms with van der Waals surface area (Å²) < 4.78 is 10.7. The molecule has 0 saturated heterocycles. The Bertz CT molecular complexity index is 381. The van der Waals surface area contributed by atoms with Gasteiger partial charge in [-0.15, -0.1) is 0 Å². The van der Waals surface area contributed by atoms with Gasteiger partial charge in [0.2, 0.25) is 0 Å². The van der Waals surface area contributed by atoms with Gasteiger partial charge in [0.15, 0.2) is 6.10 Å². The molecule has 0 aliphatic carbocycles. The molecule has 19 heavy (non-hydrogen) atoms. The minimum absolute atomic E-state index is 0.133. The van der Waals surface area contributed by atoms with Gasteiger partial charge in [-0.25, -0.2) is 0 Å². The number of carbonyl (C=O) groups is 1. The van der Waals surface area contributed by atoms with E-state index in [1.165, 1.54) is 0 Å². The van der Waals surface area contributed by atoms with Crippen LogP contribution in [0.25, 0.3) is 0 Å². The van der Waals surface area contributed by atoms with Crippen LogP contribution < -0.4 is 10.1 Å². The molecule has 0 aliphatic heterocycles. The van der Waals surface area contributed by atoms with E-state index in [4.69, 9.17) is 21.1 Å². The van der Waals surface area contributed by atoms with Crippen LogP contribution >= 0.6 is 11.6 Å². The van der Waals surface area contributed by atoms with Crippen molar-refractivity contribution in [3.63, 3.8) is 0 Å². The number of rotatable bonds is 8. The lowest BCUT2D eigenvalue weighted by atomic mass is 10.3. The number of halogens is 1. The van der Waals surface area contributed by atoms with Gasteiger partial charge in [-0.1, -0.05) is 11.6 Å². The topological polar surface area (TPSA) is 47.6 Å². The molecule has 1 amide bonds. The highest BCUT2D eigenvalue weighted by Crippen LogP contribution is 2.16. The van der Waals surface area contributed by atoms with Gasteiger partial charge in [0.25, 0.3) is 5.91 Å². The zero-order valence-electron chi connectivity index (χ0n) is 11.3. The van der Waals surface area contributed by atoms with Crippen molar-refractivity contribution in [1.82, 2.24) is 5.32 Å². The smallest absolute Gasteiger partial charge is 0.260 e.